The zero-order chi connectivity index (χ0) is 27.4. The van der Waals surface area contributed by atoms with E-state index in [9.17, 15) is 30.4 Å². The van der Waals surface area contributed by atoms with E-state index in [4.69, 9.17) is 23.2 Å². The number of aromatic hydroxyl groups is 2. The number of phenolic OH excluding ortho intramolecular Hbond substituents is 2. The molecule has 2 aromatic carbocycles. The summed E-state index contributed by atoms with van der Waals surface area (Å²) in [4.78, 5) is 28.0. The van der Waals surface area contributed by atoms with Crippen molar-refractivity contribution in [1.29, 1.82) is 0 Å². The normalized spacial score (nSPS) is 11.3. The molecule has 0 atom stereocenters. The molecule has 0 radical (unpaired) electrons. The van der Waals surface area contributed by atoms with E-state index in [-0.39, 0.29) is 53.2 Å². The Balaban J connectivity index is 1.66. The van der Waals surface area contributed by atoms with Gasteiger partial charge in [0.15, 0.2) is 0 Å². The Kier molecular flexibility index (Phi) is 7.96. The number of hydrogen-bond donors (Lipinski definition) is 2. The summed E-state index contributed by atoms with van der Waals surface area (Å²) in [5.41, 5.74) is 1.06. The molecule has 192 valence electrons. The molecule has 0 amide bonds. The highest BCUT2D eigenvalue weighted by atomic mass is 35.5. The Bertz CT molecular complexity index is 1530. The summed E-state index contributed by atoms with van der Waals surface area (Å²) in [6.45, 7) is 0. The lowest BCUT2D eigenvalue weighted by atomic mass is 9.98. The van der Waals surface area contributed by atoms with E-state index in [1.807, 2.05) is 0 Å². The average molecular weight is 593 g/mol. The Labute approximate surface area is 229 Å². The Morgan fingerprint density at radius 2 is 1.18 bits per heavy atom. The van der Waals surface area contributed by atoms with Crippen LogP contribution in [0, 0.1) is 20.2 Å². The lowest BCUT2D eigenvalue weighted by Crippen LogP contribution is -1.89. The standard InChI is InChI=1S/C20H10Cl2N8O6S2/c21-18(22)17(9-1-3-13(31)11(5-9)25-27-19-23-7-15(37-19)29(33)34)10-2-4-14(32)12(6-10)26-28-20-24-8-16(38-20)30(35)36/h1-8,31-32H. The van der Waals surface area contributed by atoms with Crippen LogP contribution in [0.4, 0.5) is 31.6 Å². The van der Waals surface area contributed by atoms with Crippen molar-refractivity contribution in [3.63, 3.8) is 0 Å². The molecule has 0 saturated heterocycles. The molecule has 14 nitrogen and oxygen atoms in total. The van der Waals surface area contributed by atoms with Gasteiger partial charge in [-0.05, 0) is 58.1 Å². The number of benzene rings is 2. The fourth-order valence-electron chi connectivity index (χ4n) is 2.87. The first-order chi connectivity index (χ1) is 18.1. The first-order valence-corrected chi connectivity index (χ1v) is 12.3. The molecular formula is C20H10Cl2N8O6S2. The number of phenols is 2. The number of thiazole rings is 2. The summed E-state index contributed by atoms with van der Waals surface area (Å²) in [6.07, 6.45) is 2.08. The van der Waals surface area contributed by atoms with E-state index in [1.165, 1.54) is 36.4 Å². The molecule has 0 unspecified atom stereocenters. The van der Waals surface area contributed by atoms with Crippen molar-refractivity contribution in [1.82, 2.24) is 9.97 Å². The van der Waals surface area contributed by atoms with Crippen molar-refractivity contribution in [2.45, 2.75) is 0 Å². The minimum absolute atomic E-state index is 0.00325. The van der Waals surface area contributed by atoms with Gasteiger partial charge in [-0.15, -0.1) is 20.5 Å². The summed E-state index contributed by atoms with van der Waals surface area (Å²) in [6, 6.07) is 8.49. The van der Waals surface area contributed by atoms with Gasteiger partial charge in [-0.25, -0.2) is 9.97 Å². The van der Waals surface area contributed by atoms with Crippen LogP contribution in [0.5, 0.6) is 11.5 Å². The quantitative estimate of drug-likeness (QED) is 0.117. The van der Waals surface area contributed by atoms with Crippen LogP contribution in [-0.2, 0) is 0 Å². The van der Waals surface area contributed by atoms with Crippen LogP contribution in [0.25, 0.3) is 5.57 Å². The molecular weight excluding hydrogens is 583 g/mol. The van der Waals surface area contributed by atoms with E-state index >= 15 is 0 Å². The number of azo groups is 2. The van der Waals surface area contributed by atoms with Crippen LogP contribution < -0.4 is 0 Å². The van der Waals surface area contributed by atoms with Crippen LogP contribution in [-0.4, -0.2) is 30.0 Å². The summed E-state index contributed by atoms with van der Waals surface area (Å²) < 4.78 is -0.168. The number of aromatic nitrogens is 2. The second kappa shape index (κ2) is 11.3. The molecule has 2 aromatic heterocycles. The molecule has 0 aliphatic heterocycles. The highest BCUT2D eigenvalue weighted by molar-refractivity contribution is 7.18. The predicted molar refractivity (Wildman–Crippen MR) is 140 cm³/mol. The minimum atomic E-state index is -0.611. The smallest absolute Gasteiger partial charge is 0.345 e. The zero-order valence-corrected chi connectivity index (χ0v) is 21.4. The highest BCUT2D eigenvalue weighted by Gasteiger charge is 2.16. The maximum atomic E-state index is 10.8. The van der Waals surface area contributed by atoms with Crippen molar-refractivity contribution < 1.29 is 20.1 Å². The molecule has 4 rings (SSSR count). The molecule has 2 heterocycles. The Morgan fingerprint density at radius 1 is 0.763 bits per heavy atom. The monoisotopic (exact) mass is 592 g/mol. The maximum absolute atomic E-state index is 10.8. The van der Waals surface area contributed by atoms with Crippen LogP contribution in [0.3, 0.4) is 0 Å². The van der Waals surface area contributed by atoms with Crippen LogP contribution in [0.1, 0.15) is 11.1 Å². The lowest BCUT2D eigenvalue weighted by molar-refractivity contribution is -0.380. The lowest BCUT2D eigenvalue weighted by Gasteiger charge is -2.11. The molecule has 0 bridgehead atoms. The minimum Gasteiger partial charge on any atom is -0.506 e. The molecule has 4 aromatic rings. The first kappa shape index (κ1) is 26.7. The highest BCUT2D eigenvalue weighted by Crippen LogP contribution is 2.40. The molecule has 2 N–H and O–H groups in total. The fourth-order valence-corrected chi connectivity index (χ4v) is 4.42. The zero-order valence-electron chi connectivity index (χ0n) is 18.3. The summed E-state index contributed by atoms with van der Waals surface area (Å²) in [7, 11) is 0. The predicted octanol–water partition coefficient (Wildman–Crippen LogP) is 7.85. The van der Waals surface area contributed by atoms with Gasteiger partial charge in [0.05, 0.1) is 9.85 Å². The van der Waals surface area contributed by atoms with Gasteiger partial charge < -0.3 is 10.2 Å². The van der Waals surface area contributed by atoms with Gasteiger partial charge in [0, 0.05) is 5.57 Å². The number of nitro groups is 2. The number of hydrogen-bond acceptors (Lipinski definition) is 14. The van der Waals surface area contributed by atoms with E-state index in [0.29, 0.717) is 33.8 Å². The van der Waals surface area contributed by atoms with Crippen LogP contribution in [0.15, 0.2) is 73.7 Å². The van der Waals surface area contributed by atoms with Crippen molar-refractivity contribution >= 4 is 83.1 Å². The Hall–Kier alpha value is -4.38. The number of nitrogens with zero attached hydrogens (tertiary/aromatic N) is 8. The van der Waals surface area contributed by atoms with Gasteiger partial charge in [0.1, 0.15) is 39.8 Å². The Morgan fingerprint density at radius 3 is 1.53 bits per heavy atom. The largest absolute Gasteiger partial charge is 0.506 e. The third-order valence-electron chi connectivity index (χ3n) is 4.53. The molecule has 38 heavy (non-hydrogen) atoms. The topological polar surface area (TPSA) is 202 Å². The molecule has 0 fully saturated rings. The van der Waals surface area contributed by atoms with E-state index in [2.05, 4.69) is 30.4 Å². The average Bonchev–Trinajstić information content (AvgIpc) is 3.54. The van der Waals surface area contributed by atoms with E-state index in [0.717, 1.165) is 12.4 Å². The molecule has 0 aliphatic rings. The van der Waals surface area contributed by atoms with Gasteiger partial charge >= 0.3 is 10.0 Å². The first-order valence-electron chi connectivity index (χ1n) is 9.88. The summed E-state index contributed by atoms with van der Waals surface area (Å²) in [5, 5.41) is 57.2. The summed E-state index contributed by atoms with van der Waals surface area (Å²) >= 11 is 13.8. The van der Waals surface area contributed by atoms with Gasteiger partial charge in [-0.3, -0.25) is 20.2 Å². The van der Waals surface area contributed by atoms with Crippen molar-refractivity contribution in [2.24, 2.45) is 20.5 Å². The third-order valence-corrected chi connectivity index (χ3v) is 6.57. The van der Waals surface area contributed by atoms with Gasteiger partial charge in [-0.2, -0.15) is 0 Å². The molecule has 0 saturated carbocycles. The van der Waals surface area contributed by atoms with Gasteiger partial charge in [0.25, 0.3) is 0 Å². The van der Waals surface area contributed by atoms with Crippen LogP contribution in [0.2, 0.25) is 0 Å². The molecule has 18 heteroatoms. The van der Waals surface area contributed by atoms with Crippen molar-refractivity contribution in [3.05, 3.63) is 84.6 Å². The van der Waals surface area contributed by atoms with E-state index < -0.39 is 9.85 Å². The maximum Gasteiger partial charge on any atom is 0.345 e. The van der Waals surface area contributed by atoms with Gasteiger partial charge in [-0.1, -0.05) is 35.3 Å². The molecule has 0 spiro atoms. The van der Waals surface area contributed by atoms with Gasteiger partial charge in [0.2, 0.25) is 10.3 Å². The van der Waals surface area contributed by atoms with E-state index in [1.54, 1.807) is 0 Å². The SMILES string of the molecule is O=[N+]([O-])c1cnc(N=Nc2cc(C(=C(Cl)Cl)c3ccc(O)c(N=Nc4ncc([N+](=O)[O-])s4)c3)ccc2O)s1. The number of halogens is 2. The second-order valence-electron chi connectivity index (χ2n) is 6.92. The van der Waals surface area contributed by atoms with Crippen molar-refractivity contribution in [2.75, 3.05) is 0 Å². The third kappa shape index (κ3) is 6.12. The van der Waals surface area contributed by atoms with Crippen molar-refractivity contribution in [3.8, 4) is 11.5 Å². The van der Waals surface area contributed by atoms with Crippen LogP contribution >= 0.6 is 45.9 Å². The summed E-state index contributed by atoms with van der Waals surface area (Å²) in [5.74, 6) is -0.488. The second-order valence-corrected chi connectivity index (χ2v) is 9.84. The molecule has 0 aliphatic carbocycles. The fraction of sp³-hybridized carbons (Fsp3) is 0. The number of rotatable bonds is 8.